The number of nitrogens with one attached hydrogen (secondary N) is 1. The third-order valence-corrected chi connectivity index (χ3v) is 0.328. The van der Waals surface area contributed by atoms with Crippen molar-refractivity contribution in [2.45, 2.75) is 6.92 Å². The first-order chi connectivity index (χ1) is 2.77. The van der Waals surface area contributed by atoms with Crippen LogP contribution >= 0.6 is 0 Å². The van der Waals surface area contributed by atoms with Gasteiger partial charge in [-0.1, -0.05) is 0 Å². The molecule has 2 N–H and O–H groups in total. The minimum atomic E-state index is -0.961. The number of rotatable bonds is 1. The molecule has 3 heteroatoms. The summed E-state index contributed by atoms with van der Waals surface area (Å²) in [5.74, 6) is 0. The maximum Gasteiger partial charge on any atom is 0.404 e. The average Bonchev–Trinajstić information content (AvgIpc) is 1.35. The van der Waals surface area contributed by atoms with Gasteiger partial charge in [-0.25, -0.2) is 4.79 Å². The fourth-order valence-corrected chi connectivity index (χ4v) is 0.151. The van der Waals surface area contributed by atoms with E-state index in [4.69, 9.17) is 5.11 Å². The maximum absolute atomic E-state index is 9.49. The SMILES string of the molecule is CCNC(=O)O.[HH]. The molecule has 0 radical (unpaired) electrons. The molecule has 0 bridgehead atoms. The standard InChI is InChI=1S/C3H7NO2.H2/c1-2-4-3(5)6;/h4H,2H2,1H3,(H,5,6);1H. The Morgan fingerprint density at radius 1 is 2.17 bits per heavy atom. The van der Waals surface area contributed by atoms with E-state index in [1.54, 1.807) is 6.92 Å². The number of hydrogen-bond donors (Lipinski definition) is 2. The summed E-state index contributed by atoms with van der Waals surface area (Å²) in [5.41, 5.74) is 0. The van der Waals surface area contributed by atoms with Crippen molar-refractivity contribution in [1.29, 1.82) is 0 Å². The fourth-order valence-electron chi connectivity index (χ4n) is 0.151. The van der Waals surface area contributed by atoms with Crippen LogP contribution in [0.15, 0.2) is 0 Å². The zero-order valence-electron chi connectivity index (χ0n) is 3.56. The Kier molecular flexibility index (Phi) is 2.20. The lowest BCUT2D eigenvalue weighted by molar-refractivity contribution is 0.195. The van der Waals surface area contributed by atoms with Gasteiger partial charge in [0, 0.05) is 7.97 Å². The summed E-state index contributed by atoms with van der Waals surface area (Å²) in [5, 5.41) is 9.93. The van der Waals surface area contributed by atoms with E-state index < -0.39 is 6.09 Å². The van der Waals surface area contributed by atoms with E-state index in [0.717, 1.165) is 0 Å². The number of hydrogen-bond acceptors (Lipinski definition) is 1. The summed E-state index contributed by atoms with van der Waals surface area (Å²) in [6.07, 6.45) is -0.961. The highest BCUT2D eigenvalue weighted by atomic mass is 16.4. The molecule has 0 heterocycles. The Morgan fingerprint density at radius 2 is 2.67 bits per heavy atom. The molecule has 0 atom stereocenters. The zero-order chi connectivity index (χ0) is 4.99. The summed E-state index contributed by atoms with van der Waals surface area (Å²) in [4.78, 5) is 9.49. The predicted molar refractivity (Wildman–Crippen MR) is 23.8 cm³/mol. The average molecular weight is 91.1 g/mol. The highest BCUT2D eigenvalue weighted by molar-refractivity contribution is 5.64. The molecule has 0 aliphatic rings. The van der Waals surface area contributed by atoms with E-state index in [0.29, 0.717) is 6.54 Å². The van der Waals surface area contributed by atoms with Crippen molar-refractivity contribution in [3.8, 4) is 0 Å². The molecule has 0 rings (SSSR count). The lowest BCUT2D eigenvalue weighted by atomic mass is 10.8. The van der Waals surface area contributed by atoms with Crippen LogP contribution in [0.1, 0.15) is 8.35 Å². The van der Waals surface area contributed by atoms with Crippen molar-refractivity contribution in [3.05, 3.63) is 0 Å². The van der Waals surface area contributed by atoms with E-state index in [2.05, 4.69) is 5.32 Å². The first-order valence-electron chi connectivity index (χ1n) is 1.74. The molecular weight excluding hydrogens is 82.0 g/mol. The van der Waals surface area contributed by atoms with Gasteiger partial charge in [-0.15, -0.1) is 0 Å². The highest BCUT2D eigenvalue weighted by Gasteiger charge is 1.82. The second-order valence-electron chi connectivity index (χ2n) is 0.835. The van der Waals surface area contributed by atoms with Gasteiger partial charge in [0.05, 0.1) is 0 Å². The molecule has 0 spiro atoms. The zero-order valence-corrected chi connectivity index (χ0v) is 3.56. The molecule has 0 aromatic heterocycles. The van der Waals surface area contributed by atoms with E-state index in [9.17, 15) is 4.79 Å². The minimum absolute atomic E-state index is 0. The van der Waals surface area contributed by atoms with E-state index in [-0.39, 0.29) is 1.43 Å². The van der Waals surface area contributed by atoms with Crippen LogP contribution in [0.5, 0.6) is 0 Å². The van der Waals surface area contributed by atoms with Crippen LogP contribution in [-0.4, -0.2) is 17.7 Å². The van der Waals surface area contributed by atoms with Gasteiger partial charge in [0.1, 0.15) is 0 Å². The number of amides is 1. The lowest BCUT2D eigenvalue weighted by Gasteiger charge is -1.87. The molecule has 0 aromatic rings. The Hall–Kier alpha value is -0.730. The third-order valence-electron chi connectivity index (χ3n) is 0.328. The van der Waals surface area contributed by atoms with Crippen LogP contribution in [0.2, 0.25) is 0 Å². The van der Waals surface area contributed by atoms with Crippen molar-refractivity contribution in [2.75, 3.05) is 6.54 Å². The molecule has 0 aliphatic carbocycles. The largest absolute Gasteiger partial charge is 0.465 e. The summed E-state index contributed by atoms with van der Waals surface area (Å²) in [6, 6.07) is 0. The minimum Gasteiger partial charge on any atom is -0.465 e. The van der Waals surface area contributed by atoms with Crippen LogP contribution in [0, 0.1) is 0 Å². The quantitative estimate of drug-likeness (QED) is 0.494. The van der Waals surface area contributed by atoms with E-state index in [1.165, 1.54) is 0 Å². The van der Waals surface area contributed by atoms with Gasteiger partial charge in [-0.05, 0) is 6.92 Å². The van der Waals surface area contributed by atoms with Gasteiger partial charge < -0.3 is 10.4 Å². The lowest BCUT2D eigenvalue weighted by Crippen LogP contribution is -2.19. The molecule has 38 valence electrons. The Labute approximate surface area is 37.5 Å². The molecule has 0 aliphatic heterocycles. The van der Waals surface area contributed by atoms with Crippen LogP contribution in [0.25, 0.3) is 0 Å². The Balaban J connectivity index is 0. The number of carbonyl (C=O) groups is 1. The second kappa shape index (κ2) is 2.50. The van der Waals surface area contributed by atoms with Crippen LogP contribution in [-0.2, 0) is 0 Å². The molecule has 0 fully saturated rings. The normalized spacial score (nSPS) is 7.50. The molecule has 0 saturated carbocycles. The van der Waals surface area contributed by atoms with Crippen LogP contribution < -0.4 is 5.32 Å². The maximum atomic E-state index is 9.49. The molecule has 3 nitrogen and oxygen atoms in total. The smallest absolute Gasteiger partial charge is 0.404 e. The van der Waals surface area contributed by atoms with Gasteiger partial charge in [-0.2, -0.15) is 0 Å². The summed E-state index contributed by atoms with van der Waals surface area (Å²) < 4.78 is 0. The molecule has 0 saturated heterocycles. The van der Waals surface area contributed by atoms with Gasteiger partial charge in [0.15, 0.2) is 0 Å². The van der Waals surface area contributed by atoms with Gasteiger partial charge >= 0.3 is 6.09 Å². The molecular formula is C3H9NO2. The molecule has 6 heavy (non-hydrogen) atoms. The monoisotopic (exact) mass is 91.1 g/mol. The second-order valence-corrected chi connectivity index (χ2v) is 0.835. The Bertz CT molecular complexity index is 56.9. The molecule has 0 aromatic carbocycles. The highest BCUT2D eigenvalue weighted by Crippen LogP contribution is 1.54. The topological polar surface area (TPSA) is 49.3 Å². The predicted octanol–water partition coefficient (Wildman–Crippen LogP) is 0.520. The molecule has 1 amide bonds. The van der Waals surface area contributed by atoms with Crippen molar-refractivity contribution in [2.24, 2.45) is 0 Å². The molecule has 0 unspecified atom stereocenters. The fraction of sp³-hybridized carbons (Fsp3) is 0.667. The van der Waals surface area contributed by atoms with Crippen molar-refractivity contribution >= 4 is 6.09 Å². The van der Waals surface area contributed by atoms with Gasteiger partial charge in [0.25, 0.3) is 0 Å². The summed E-state index contributed by atoms with van der Waals surface area (Å²) in [6.45, 7) is 2.21. The van der Waals surface area contributed by atoms with Gasteiger partial charge in [0.2, 0.25) is 0 Å². The van der Waals surface area contributed by atoms with Crippen LogP contribution in [0.4, 0.5) is 4.79 Å². The van der Waals surface area contributed by atoms with Crippen molar-refractivity contribution in [1.82, 2.24) is 5.32 Å². The first kappa shape index (κ1) is 5.27. The summed E-state index contributed by atoms with van der Waals surface area (Å²) in [7, 11) is 0. The first-order valence-corrected chi connectivity index (χ1v) is 1.74. The van der Waals surface area contributed by atoms with Crippen molar-refractivity contribution < 1.29 is 11.3 Å². The Morgan fingerprint density at radius 3 is 2.67 bits per heavy atom. The van der Waals surface area contributed by atoms with Crippen molar-refractivity contribution in [3.63, 3.8) is 0 Å². The van der Waals surface area contributed by atoms with Gasteiger partial charge in [-0.3, -0.25) is 0 Å². The van der Waals surface area contributed by atoms with E-state index >= 15 is 0 Å². The third kappa shape index (κ3) is 3.27. The summed E-state index contributed by atoms with van der Waals surface area (Å²) >= 11 is 0. The number of carboxylic acid groups (broad SMARTS) is 1. The van der Waals surface area contributed by atoms with E-state index in [1.807, 2.05) is 0 Å². The van der Waals surface area contributed by atoms with Crippen LogP contribution in [0.3, 0.4) is 0 Å².